The van der Waals surface area contributed by atoms with Crippen molar-refractivity contribution >= 4 is 22.2 Å². The lowest BCUT2D eigenvalue weighted by Crippen LogP contribution is -2.13. The molecule has 0 bridgehead atoms. The fraction of sp³-hybridized carbons (Fsp3) is 0.350. The number of hydrogen-bond donors (Lipinski definition) is 1. The van der Waals surface area contributed by atoms with Crippen LogP contribution in [0, 0.1) is 6.92 Å². The van der Waals surface area contributed by atoms with E-state index in [9.17, 15) is 0 Å². The number of anilines is 1. The first-order valence-electron chi connectivity index (χ1n) is 9.29. The van der Waals surface area contributed by atoms with E-state index in [1.165, 1.54) is 49.3 Å². The minimum absolute atomic E-state index is 0.511. The Balaban J connectivity index is 1.67. The molecule has 2 N–H and O–H groups in total. The first-order chi connectivity index (χ1) is 12.7. The van der Waals surface area contributed by atoms with Gasteiger partial charge in [0.05, 0.1) is 23.4 Å². The van der Waals surface area contributed by atoms with Crippen LogP contribution in [0.2, 0.25) is 0 Å². The Hall–Kier alpha value is -2.89. The Kier molecular flexibility index (Phi) is 3.45. The third-order valence-electron chi connectivity index (χ3n) is 5.59. The van der Waals surface area contributed by atoms with Crippen LogP contribution in [0.5, 0.6) is 0 Å². The van der Waals surface area contributed by atoms with Crippen LogP contribution in [0.1, 0.15) is 43.7 Å². The van der Waals surface area contributed by atoms with Crippen molar-refractivity contribution in [2.45, 2.75) is 45.1 Å². The van der Waals surface area contributed by atoms with Crippen molar-refractivity contribution in [1.82, 2.24) is 24.4 Å². The van der Waals surface area contributed by atoms with Crippen molar-refractivity contribution in [2.24, 2.45) is 0 Å². The molecular weight excluding hydrogens is 324 g/mol. The van der Waals surface area contributed by atoms with E-state index in [1.807, 2.05) is 17.6 Å². The topological polar surface area (TPSA) is 74.0 Å². The molecule has 3 aromatic heterocycles. The van der Waals surface area contributed by atoms with Crippen LogP contribution >= 0.6 is 0 Å². The number of rotatable bonds is 2. The number of hydrogen-bond acceptors (Lipinski definition) is 4. The number of aryl methyl sites for hydroxylation is 1. The Morgan fingerprint density at radius 2 is 1.92 bits per heavy atom. The third kappa shape index (κ3) is 2.29. The second kappa shape index (κ2) is 5.83. The standard InChI is InChI=1S/C20H22N6/c1-13-9-17(26-19(13)20(21)22-12-24-26)14-7-8-15-11-23-25(18(15)10-14)16-5-3-2-4-6-16/h7-12,16H,2-6H2,1H3,(H2,21,22,24). The van der Waals surface area contributed by atoms with Crippen molar-refractivity contribution < 1.29 is 0 Å². The maximum Gasteiger partial charge on any atom is 0.151 e. The minimum Gasteiger partial charge on any atom is -0.382 e. The fourth-order valence-electron chi connectivity index (χ4n) is 4.27. The van der Waals surface area contributed by atoms with Crippen molar-refractivity contribution in [3.8, 4) is 11.3 Å². The molecule has 0 atom stereocenters. The lowest BCUT2D eigenvalue weighted by molar-refractivity contribution is 0.337. The van der Waals surface area contributed by atoms with Crippen LogP contribution in [-0.4, -0.2) is 24.4 Å². The summed E-state index contributed by atoms with van der Waals surface area (Å²) in [6.07, 6.45) is 9.87. The van der Waals surface area contributed by atoms with E-state index in [2.05, 4.69) is 39.0 Å². The largest absolute Gasteiger partial charge is 0.382 e. The van der Waals surface area contributed by atoms with E-state index >= 15 is 0 Å². The predicted octanol–water partition coefficient (Wildman–Crippen LogP) is 4.14. The van der Waals surface area contributed by atoms with Crippen LogP contribution < -0.4 is 5.73 Å². The van der Waals surface area contributed by atoms with Crippen molar-refractivity contribution in [1.29, 1.82) is 0 Å². The van der Waals surface area contributed by atoms with E-state index in [4.69, 9.17) is 10.8 Å². The average Bonchev–Trinajstić information content (AvgIpc) is 3.24. The molecule has 132 valence electrons. The van der Waals surface area contributed by atoms with Crippen LogP contribution in [0.25, 0.3) is 27.7 Å². The highest BCUT2D eigenvalue weighted by Gasteiger charge is 2.19. The predicted molar refractivity (Wildman–Crippen MR) is 103 cm³/mol. The van der Waals surface area contributed by atoms with Crippen LogP contribution in [-0.2, 0) is 0 Å². The number of nitrogens with two attached hydrogens (primary N) is 1. The van der Waals surface area contributed by atoms with Crippen LogP contribution in [0.3, 0.4) is 0 Å². The second-order valence-corrected chi connectivity index (χ2v) is 7.27. The summed E-state index contributed by atoms with van der Waals surface area (Å²) in [5.74, 6) is 0.511. The van der Waals surface area contributed by atoms with E-state index in [0.29, 0.717) is 11.9 Å². The maximum absolute atomic E-state index is 6.06. The molecule has 1 aliphatic carbocycles. The summed E-state index contributed by atoms with van der Waals surface area (Å²) in [4.78, 5) is 4.12. The van der Waals surface area contributed by atoms with Gasteiger partial charge in [-0.15, -0.1) is 0 Å². The Bertz CT molecular complexity index is 1100. The minimum atomic E-state index is 0.511. The third-order valence-corrected chi connectivity index (χ3v) is 5.59. The lowest BCUT2D eigenvalue weighted by atomic mass is 9.95. The van der Waals surface area contributed by atoms with Gasteiger partial charge in [0.2, 0.25) is 0 Å². The molecule has 1 aliphatic rings. The molecule has 0 radical (unpaired) electrons. The first kappa shape index (κ1) is 15.4. The molecule has 0 saturated heterocycles. The summed E-state index contributed by atoms with van der Waals surface area (Å²) in [7, 11) is 0. The summed E-state index contributed by atoms with van der Waals surface area (Å²) in [5.41, 5.74) is 11.4. The van der Waals surface area contributed by atoms with Gasteiger partial charge >= 0.3 is 0 Å². The lowest BCUT2D eigenvalue weighted by Gasteiger charge is -2.22. The molecule has 4 aromatic rings. The molecule has 0 unspecified atom stereocenters. The molecular formula is C20H22N6. The van der Waals surface area contributed by atoms with E-state index in [1.54, 1.807) is 0 Å². The zero-order valence-corrected chi connectivity index (χ0v) is 14.9. The van der Waals surface area contributed by atoms with Crippen molar-refractivity contribution in [2.75, 3.05) is 5.73 Å². The Labute approximate surface area is 151 Å². The molecule has 0 aliphatic heterocycles. The summed E-state index contributed by atoms with van der Waals surface area (Å²) in [5, 5.41) is 10.3. The van der Waals surface area contributed by atoms with E-state index in [-0.39, 0.29) is 0 Å². The summed E-state index contributed by atoms with van der Waals surface area (Å²) < 4.78 is 4.12. The molecule has 0 spiro atoms. The fourth-order valence-corrected chi connectivity index (χ4v) is 4.27. The van der Waals surface area contributed by atoms with Crippen LogP contribution in [0.4, 0.5) is 5.82 Å². The highest BCUT2D eigenvalue weighted by Crippen LogP contribution is 2.33. The number of aromatic nitrogens is 5. The summed E-state index contributed by atoms with van der Waals surface area (Å²) in [6.45, 7) is 2.05. The quantitative estimate of drug-likeness (QED) is 0.592. The zero-order valence-electron chi connectivity index (χ0n) is 14.9. The molecule has 0 amide bonds. The van der Waals surface area contributed by atoms with Gasteiger partial charge in [0.1, 0.15) is 11.8 Å². The zero-order chi connectivity index (χ0) is 17.7. The Morgan fingerprint density at radius 1 is 1.08 bits per heavy atom. The van der Waals surface area contributed by atoms with Gasteiger partial charge in [-0.2, -0.15) is 10.2 Å². The molecule has 26 heavy (non-hydrogen) atoms. The molecule has 6 nitrogen and oxygen atoms in total. The van der Waals surface area contributed by atoms with Crippen LogP contribution in [0.15, 0.2) is 36.8 Å². The monoisotopic (exact) mass is 346 g/mol. The molecule has 1 aromatic carbocycles. The van der Waals surface area contributed by atoms with E-state index < -0.39 is 0 Å². The van der Waals surface area contributed by atoms with Gasteiger partial charge in [-0.1, -0.05) is 31.4 Å². The highest BCUT2D eigenvalue weighted by atomic mass is 15.3. The SMILES string of the molecule is Cc1cc(-c2ccc3cnn(C4CCCCC4)c3c2)n2ncnc(N)c12. The highest BCUT2D eigenvalue weighted by molar-refractivity contribution is 5.86. The number of fused-ring (bicyclic) bond motifs is 2. The molecule has 6 heteroatoms. The smallest absolute Gasteiger partial charge is 0.151 e. The molecule has 3 heterocycles. The van der Waals surface area contributed by atoms with E-state index in [0.717, 1.165) is 22.3 Å². The first-order valence-corrected chi connectivity index (χ1v) is 9.29. The maximum atomic E-state index is 6.06. The summed E-state index contributed by atoms with van der Waals surface area (Å²) in [6, 6.07) is 9.16. The normalized spacial score (nSPS) is 15.9. The van der Waals surface area contributed by atoms with Gasteiger partial charge in [0, 0.05) is 10.9 Å². The van der Waals surface area contributed by atoms with Gasteiger partial charge in [0.25, 0.3) is 0 Å². The number of benzene rings is 1. The van der Waals surface area contributed by atoms with Gasteiger partial charge in [-0.05, 0) is 37.5 Å². The molecule has 1 saturated carbocycles. The molecule has 1 fully saturated rings. The second-order valence-electron chi connectivity index (χ2n) is 7.27. The number of nitrogens with zero attached hydrogens (tertiary/aromatic N) is 5. The molecule has 5 rings (SSSR count). The van der Waals surface area contributed by atoms with Gasteiger partial charge in [0.15, 0.2) is 5.82 Å². The van der Waals surface area contributed by atoms with Gasteiger partial charge in [-0.25, -0.2) is 9.50 Å². The van der Waals surface area contributed by atoms with Crippen molar-refractivity contribution in [3.05, 3.63) is 42.4 Å². The Morgan fingerprint density at radius 3 is 2.77 bits per heavy atom. The van der Waals surface area contributed by atoms with Gasteiger partial charge in [-0.3, -0.25) is 4.68 Å². The number of nitrogen functional groups attached to an aromatic ring is 1. The van der Waals surface area contributed by atoms with Crippen molar-refractivity contribution in [3.63, 3.8) is 0 Å². The van der Waals surface area contributed by atoms with Gasteiger partial charge < -0.3 is 5.73 Å². The average molecular weight is 346 g/mol. The summed E-state index contributed by atoms with van der Waals surface area (Å²) >= 11 is 0.